The molecule has 5 N–H and O–H groups in total. The molecule has 2 aromatic heterocycles. The third-order valence-corrected chi connectivity index (χ3v) is 4.25. The van der Waals surface area contributed by atoms with Gasteiger partial charge in [-0.25, -0.2) is 4.98 Å². The fourth-order valence-corrected chi connectivity index (χ4v) is 2.92. The molecule has 0 fully saturated rings. The van der Waals surface area contributed by atoms with Crippen LogP contribution < -0.4 is 11.5 Å². The van der Waals surface area contributed by atoms with Gasteiger partial charge in [-0.2, -0.15) is 9.98 Å². The number of oxazole rings is 1. The molecule has 0 aliphatic heterocycles. The minimum atomic E-state index is -0.0875. The Balaban J connectivity index is 0.000000200. The van der Waals surface area contributed by atoms with E-state index in [0.717, 1.165) is 22.2 Å². The number of para-hydroxylation sites is 2. The lowest BCUT2D eigenvalue weighted by Gasteiger charge is -2.00. The van der Waals surface area contributed by atoms with Gasteiger partial charge in [-0.05, 0) is 12.1 Å². The van der Waals surface area contributed by atoms with Gasteiger partial charge >= 0.3 is 6.01 Å². The zero-order valence-electron chi connectivity index (χ0n) is 16.1. The summed E-state index contributed by atoms with van der Waals surface area (Å²) in [5.74, 6) is 0.553. The number of imidazole rings is 1. The van der Waals surface area contributed by atoms with Gasteiger partial charge in [-0.3, -0.25) is 0 Å². The van der Waals surface area contributed by atoms with E-state index < -0.39 is 0 Å². The fraction of sp³-hybridized carbons (Fsp3) is 0. The normalized spacial score (nSPS) is 10.3. The van der Waals surface area contributed by atoms with Gasteiger partial charge in [0.2, 0.25) is 0 Å². The third-order valence-electron chi connectivity index (χ3n) is 4.25. The van der Waals surface area contributed by atoms with Crippen molar-refractivity contribution in [1.82, 2.24) is 15.0 Å². The van der Waals surface area contributed by atoms with Crippen molar-refractivity contribution in [1.29, 1.82) is 0 Å². The van der Waals surface area contributed by atoms with Gasteiger partial charge in [0.1, 0.15) is 5.69 Å². The van der Waals surface area contributed by atoms with Crippen LogP contribution in [0.15, 0.2) is 101 Å². The number of aromatic amines is 1. The van der Waals surface area contributed by atoms with Gasteiger partial charge in [0.25, 0.3) is 0 Å². The number of aromatic nitrogens is 3. The average molecular weight is 396 g/mol. The van der Waals surface area contributed by atoms with Crippen LogP contribution in [0.1, 0.15) is 0 Å². The molecule has 2 heterocycles. The van der Waals surface area contributed by atoms with E-state index in [-0.39, 0.29) is 12.0 Å². The molecule has 0 radical (unpaired) electrons. The van der Waals surface area contributed by atoms with Crippen molar-refractivity contribution in [2.24, 2.45) is 16.5 Å². The number of nitrogens with two attached hydrogens (primary N) is 2. The molecule has 0 atom stereocenters. The maximum Gasteiger partial charge on any atom is 0.326 e. The van der Waals surface area contributed by atoms with Gasteiger partial charge in [0, 0.05) is 11.1 Å². The first kappa shape index (κ1) is 18.9. The summed E-state index contributed by atoms with van der Waals surface area (Å²) in [6, 6.07) is 27.6. The minimum Gasteiger partial charge on any atom is -0.421 e. The first-order chi connectivity index (χ1) is 14.7. The number of hydrogen-bond donors (Lipinski definition) is 3. The Labute approximate surface area is 173 Å². The van der Waals surface area contributed by atoms with Crippen molar-refractivity contribution >= 4 is 23.0 Å². The highest BCUT2D eigenvalue weighted by Crippen LogP contribution is 2.34. The molecule has 0 amide bonds. The largest absolute Gasteiger partial charge is 0.421 e. The number of H-pyrrole nitrogens is 1. The van der Waals surface area contributed by atoms with E-state index in [1.807, 2.05) is 84.9 Å². The maximum absolute atomic E-state index is 5.71. The number of nitrogens with zero attached hydrogens (tertiary/aromatic N) is 3. The molecule has 0 aliphatic rings. The monoisotopic (exact) mass is 396 g/mol. The van der Waals surface area contributed by atoms with Gasteiger partial charge in [0.05, 0.1) is 17.4 Å². The highest BCUT2D eigenvalue weighted by atomic mass is 16.4. The molecule has 148 valence electrons. The van der Waals surface area contributed by atoms with Crippen molar-refractivity contribution in [2.75, 3.05) is 0 Å². The number of rotatable bonds is 3. The second-order valence-electron chi connectivity index (χ2n) is 6.36. The van der Waals surface area contributed by atoms with Crippen LogP contribution in [0.5, 0.6) is 0 Å². The summed E-state index contributed by atoms with van der Waals surface area (Å²) >= 11 is 0. The van der Waals surface area contributed by atoms with E-state index in [2.05, 4.69) is 19.9 Å². The lowest BCUT2D eigenvalue weighted by molar-refractivity contribution is 0.583. The maximum atomic E-state index is 5.71. The summed E-state index contributed by atoms with van der Waals surface area (Å²) in [4.78, 5) is 15.3. The van der Waals surface area contributed by atoms with Crippen LogP contribution in [0.4, 0.5) is 6.01 Å². The highest BCUT2D eigenvalue weighted by Gasteiger charge is 2.16. The molecule has 5 rings (SSSR count). The summed E-state index contributed by atoms with van der Waals surface area (Å²) in [5, 5.41) is 0. The Hall–Kier alpha value is -4.39. The lowest BCUT2D eigenvalue weighted by Crippen LogP contribution is -2.21. The Morgan fingerprint density at radius 3 is 2.10 bits per heavy atom. The quantitative estimate of drug-likeness (QED) is 0.307. The van der Waals surface area contributed by atoms with Gasteiger partial charge in [-0.15, -0.1) is 0 Å². The van der Waals surface area contributed by atoms with Crippen LogP contribution in [0.3, 0.4) is 0 Å². The predicted molar refractivity (Wildman–Crippen MR) is 119 cm³/mol. The van der Waals surface area contributed by atoms with E-state index in [1.54, 1.807) is 6.33 Å². The van der Waals surface area contributed by atoms with Crippen LogP contribution in [-0.4, -0.2) is 20.9 Å². The molecule has 0 saturated carbocycles. The van der Waals surface area contributed by atoms with Crippen molar-refractivity contribution in [3.8, 4) is 22.6 Å². The van der Waals surface area contributed by atoms with E-state index in [0.29, 0.717) is 11.5 Å². The summed E-state index contributed by atoms with van der Waals surface area (Å²) < 4.78 is 5.71. The first-order valence-electron chi connectivity index (χ1n) is 9.30. The number of guanidine groups is 1. The number of hydrogen-bond acceptors (Lipinski definition) is 4. The molecule has 7 heteroatoms. The molecular formula is C23H20N6O. The molecule has 0 saturated heterocycles. The van der Waals surface area contributed by atoms with E-state index in [4.69, 9.17) is 15.9 Å². The summed E-state index contributed by atoms with van der Waals surface area (Å²) in [7, 11) is 0. The van der Waals surface area contributed by atoms with E-state index in [1.165, 1.54) is 0 Å². The molecule has 5 aromatic rings. The van der Waals surface area contributed by atoms with Crippen molar-refractivity contribution in [2.45, 2.75) is 0 Å². The standard InChI is InChI=1S/C16H14N4O.C7H6N2/c17-15(18)20-16-19-13(11-7-3-1-4-8-11)14(21-16)12-9-5-2-6-10-12;1-2-4-7-6(3-1)8-5-9-7/h1-10H,(H4,17,18,19,20);1-5H,(H,8,9). The number of fused-ring (bicyclic) bond motifs is 1. The average Bonchev–Trinajstić information content (AvgIpc) is 3.42. The predicted octanol–water partition coefficient (Wildman–Crippen LogP) is 4.48. The van der Waals surface area contributed by atoms with Gasteiger partial charge in [-0.1, -0.05) is 72.8 Å². The Bertz CT molecular complexity index is 1170. The smallest absolute Gasteiger partial charge is 0.326 e. The zero-order chi connectivity index (χ0) is 20.8. The van der Waals surface area contributed by atoms with Crippen molar-refractivity contribution in [3.05, 3.63) is 91.3 Å². The highest BCUT2D eigenvalue weighted by molar-refractivity contribution is 5.80. The lowest BCUT2D eigenvalue weighted by atomic mass is 10.1. The first-order valence-corrected chi connectivity index (χ1v) is 9.30. The number of benzene rings is 3. The topological polar surface area (TPSA) is 119 Å². The second kappa shape index (κ2) is 8.74. The third kappa shape index (κ3) is 4.36. The van der Waals surface area contributed by atoms with Crippen LogP contribution in [0, 0.1) is 0 Å². The Morgan fingerprint density at radius 2 is 1.43 bits per heavy atom. The van der Waals surface area contributed by atoms with Crippen LogP contribution in [0.25, 0.3) is 33.6 Å². The number of aliphatic imine (C=N–C) groups is 1. The van der Waals surface area contributed by atoms with Gasteiger partial charge < -0.3 is 20.9 Å². The van der Waals surface area contributed by atoms with Crippen molar-refractivity contribution in [3.63, 3.8) is 0 Å². The minimum absolute atomic E-state index is 0.0875. The van der Waals surface area contributed by atoms with Crippen LogP contribution in [0.2, 0.25) is 0 Å². The Morgan fingerprint density at radius 1 is 0.800 bits per heavy atom. The Kier molecular flexibility index (Phi) is 5.52. The van der Waals surface area contributed by atoms with Gasteiger partial charge in [0.15, 0.2) is 11.7 Å². The molecule has 30 heavy (non-hydrogen) atoms. The number of nitrogens with one attached hydrogen (secondary N) is 1. The summed E-state index contributed by atoms with van der Waals surface area (Å²) in [5.41, 5.74) is 15.5. The van der Waals surface area contributed by atoms with E-state index >= 15 is 0 Å². The SMILES string of the molecule is NC(N)=Nc1nc(-c2ccccc2)c(-c2ccccc2)o1.c1ccc2[nH]cnc2c1. The summed E-state index contributed by atoms with van der Waals surface area (Å²) in [6.07, 6.45) is 1.70. The molecule has 7 nitrogen and oxygen atoms in total. The zero-order valence-corrected chi connectivity index (χ0v) is 16.1. The summed E-state index contributed by atoms with van der Waals surface area (Å²) in [6.45, 7) is 0. The van der Waals surface area contributed by atoms with Crippen LogP contribution in [-0.2, 0) is 0 Å². The molecule has 0 unspecified atom stereocenters. The second-order valence-corrected chi connectivity index (χ2v) is 6.36. The van der Waals surface area contributed by atoms with E-state index in [9.17, 15) is 0 Å². The molecule has 0 bridgehead atoms. The molecular weight excluding hydrogens is 376 g/mol. The van der Waals surface area contributed by atoms with Crippen LogP contribution >= 0.6 is 0 Å². The fourth-order valence-electron chi connectivity index (χ4n) is 2.92. The molecule has 3 aromatic carbocycles. The molecule has 0 aliphatic carbocycles. The van der Waals surface area contributed by atoms with Crippen molar-refractivity contribution < 1.29 is 4.42 Å². The molecule has 0 spiro atoms.